The molecule has 0 radical (unpaired) electrons. The molecule has 140 valence electrons. The third kappa shape index (κ3) is 3.75. The number of carbonyl (C=O) groups excluding carboxylic acids is 2. The molecule has 0 aromatic heterocycles. The van der Waals surface area contributed by atoms with Crippen LogP contribution in [-0.4, -0.2) is 18.0 Å². The van der Waals surface area contributed by atoms with E-state index in [1.807, 2.05) is 30.3 Å². The zero-order valence-electron chi connectivity index (χ0n) is 15.7. The lowest BCUT2D eigenvalue weighted by Crippen LogP contribution is -2.30. The summed E-state index contributed by atoms with van der Waals surface area (Å²) in [7, 11) is 0. The third-order valence-corrected chi connectivity index (χ3v) is 5.67. The highest BCUT2D eigenvalue weighted by Gasteiger charge is 2.26. The summed E-state index contributed by atoms with van der Waals surface area (Å²) in [5.74, 6) is -0.141. The van der Waals surface area contributed by atoms with Crippen LogP contribution in [0.5, 0.6) is 0 Å². The van der Waals surface area contributed by atoms with Crippen molar-refractivity contribution in [2.24, 2.45) is 0 Å². The van der Waals surface area contributed by atoms with E-state index in [-0.39, 0.29) is 5.78 Å². The number of hydrogen-bond donors (Lipinski definition) is 1. The molecular weight excluding hydrogens is 338 g/mol. The van der Waals surface area contributed by atoms with E-state index in [4.69, 9.17) is 4.74 Å². The molecule has 2 aliphatic carbocycles. The summed E-state index contributed by atoms with van der Waals surface area (Å²) in [6.07, 6.45) is 5.52. The van der Waals surface area contributed by atoms with Crippen molar-refractivity contribution in [3.05, 3.63) is 64.2 Å². The zero-order chi connectivity index (χ0) is 18.8. The number of aryl methyl sites for hydroxylation is 2. The molecule has 27 heavy (non-hydrogen) atoms. The molecule has 0 saturated carbocycles. The van der Waals surface area contributed by atoms with Gasteiger partial charge in [-0.1, -0.05) is 36.4 Å². The fraction of sp³-hybridized carbons (Fsp3) is 0.391. The van der Waals surface area contributed by atoms with Crippen LogP contribution in [0.1, 0.15) is 47.6 Å². The Morgan fingerprint density at radius 3 is 2.22 bits per heavy atom. The van der Waals surface area contributed by atoms with E-state index in [9.17, 15) is 9.59 Å². The summed E-state index contributed by atoms with van der Waals surface area (Å²) < 4.78 is 5.54. The van der Waals surface area contributed by atoms with Crippen molar-refractivity contribution in [2.75, 3.05) is 5.32 Å². The van der Waals surface area contributed by atoms with E-state index >= 15 is 0 Å². The topological polar surface area (TPSA) is 55.4 Å². The Kier molecular flexibility index (Phi) is 4.97. The van der Waals surface area contributed by atoms with Crippen molar-refractivity contribution in [3.63, 3.8) is 0 Å². The van der Waals surface area contributed by atoms with E-state index in [2.05, 4.69) is 11.4 Å². The predicted molar refractivity (Wildman–Crippen MR) is 105 cm³/mol. The Balaban J connectivity index is 1.52. The van der Waals surface area contributed by atoms with Gasteiger partial charge in [-0.2, -0.15) is 0 Å². The molecule has 0 spiro atoms. The molecule has 0 fully saturated rings. The second kappa shape index (κ2) is 7.55. The molecule has 4 heteroatoms. The van der Waals surface area contributed by atoms with E-state index in [1.54, 1.807) is 0 Å². The lowest BCUT2D eigenvalue weighted by molar-refractivity contribution is -0.124. The fourth-order valence-corrected chi connectivity index (χ4v) is 4.32. The van der Waals surface area contributed by atoms with Crippen LogP contribution in [0.4, 0.5) is 10.5 Å². The summed E-state index contributed by atoms with van der Waals surface area (Å²) >= 11 is 0. The molecule has 1 atom stereocenters. The monoisotopic (exact) mass is 363 g/mol. The van der Waals surface area contributed by atoms with Gasteiger partial charge in [0.15, 0.2) is 11.9 Å². The van der Waals surface area contributed by atoms with Gasteiger partial charge in [-0.05, 0) is 73.3 Å². The summed E-state index contributed by atoms with van der Waals surface area (Å²) in [6, 6.07) is 12.0. The van der Waals surface area contributed by atoms with Crippen LogP contribution in [0.3, 0.4) is 0 Å². The molecule has 0 bridgehead atoms. The number of anilines is 1. The normalized spacial score (nSPS) is 15.7. The van der Waals surface area contributed by atoms with Crippen LogP contribution >= 0.6 is 0 Å². The maximum absolute atomic E-state index is 12.6. The Bertz CT molecular complexity index is 841. The van der Waals surface area contributed by atoms with E-state index in [0.29, 0.717) is 6.42 Å². The number of carbonyl (C=O) groups is 2. The molecule has 0 aliphatic heterocycles. The maximum Gasteiger partial charge on any atom is 0.412 e. The minimum absolute atomic E-state index is 0.141. The van der Waals surface area contributed by atoms with Crippen LogP contribution in [0, 0.1) is 0 Å². The summed E-state index contributed by atoms with van der Waals surface area (Å²) in [5.41, 5.74) is 7.17. The Morgan fingerprint density at radius 2 is 1.63 bits per heavy atom. The van der Waals surface area contributed by atoms with Crippen molar-refractivity contribution in [3.8, 4) is 0 Å². The first-order valence-corrected chi connectivity index (χ1v) is 9.80. The summed E-state index contributed by atoms with van der Waals surface area (Å²) in [4.78, 5) is 24.6. The van der Waals surface area contributed by atoms with E-state index in [1.165, 1.54) is 29.2 Å². The highest BCUT2D eigenvalue weighted by molar-refractivity contribution is 5.91. The first-order valence-electron chi connectivity index (χ1n) is 9.80. The molecular formula is C23H25NO3. The molecule has 4 nitrogen and oxygen atoms in total. The SMILES string of the molecule is CC(=O)C(Cc1ccccc1)OC(=O)Nc1c2c(cc3c1CCC3)CCC2. The lowest BCUT2D eigenvalue weighted by atomic mass is 9.99. The van der Waals surface area contributed by atoms with Gasteiger partial charge in [-0.25, -0.2) is 4.79 Å². The largest absolute Gasteiger partial charge is 0.438 e. The second-order valence-electron chi connectivity index (χ2n) is 7.55. The highest BCUT2D eigenvalue weighted by atomic mass is 16.6. The number of Topliss-reactive ketones (excluding diaryl/α,β-unsaturated/α-hetero) is 1. The van der Waals surface area contributed by atoms with Gasteiger partial charge in [0, 0.05) is 6.42 Å². The van der Waals surface area contributed by atoms with Gasteiger partial charge in [0.1, 0.15) is 0 Å². The number of amides is 1. The summed E-state index contributed by atoms with van der Waals surface area (Å²) in [6.45, 7) is 1.47. The number of hydrogen-bond acceptors (Lipinski definition) is 3. The Labute approximate surface area is 159 Å². The number of nitrogens with one attached hydrogen (secondary N) is 1. The number of fused-ring (bicyclic) bond motifs is 2. The zero-order valence-corrected chi connectivity index (χ0v) is 15.7. The van der Waals surface area contributed by atoms with Crippen molar-refractivity contribution in [1.82, 2.24) is 0 Å². The molecule has 2 aliphatic rings. The van der Waals surface area contributed by atoms with Gasteiger partial charge >= 0.3 is 6.09 Å². The average Bonchev–Trinajstić information content (AvgIpc) is 3.31. The molecule has 1 amide bonds. The fourth-order valence-electron chi connectivity index (χ4n) is 4.32. The number of ether oxygens (including phenoxy) is 1. The smallest absolute Gasteiger partial charge is 0.412 e. The van der Waals surface area contributed by atoms with Crippen molar-refractivity contribution < 1.29 is 14.3 Å². The van der Waals surface area contributed by atoms with Crippen LogP contribution < -0.4 is 5.32 Å². The van der Waals surface area contributed by atoms with Gasteiger partial charge in [0.25, 0.3) is 0 Å². The standard InChI is InChI=1S/C23H25NO3/c1-15(25)21(13-16-7-3-2-4-8-16)27-23(26)24-22-19-11-5-9-17(19)14-18-10-6-12-20(18)22/h2-4,7-8,14,21H,5-6,9-13H2,1H3,(H,24,26). The number of benzene rings is 2. The molecule has 2 aromatic carbocycles. The van der Waals surface area contributed by atoms with Gasteiger partial charge in [0.05, 0.1) is 5.69 Å². The number of ketones is 1. The second-order valence-corrected chi connectivity index (χ2v) is 7.55. The van der Waals surface area contributed by atoms with Crippen LogP contribution in [0.15, 0.2) is 36.4 Å². The molecule has 0 saturated heterocycles. The van der Waals surface area contributed by atoms with Crippen molar-refractivity contribution >= 4 is 17.6 Å². The van der Waals surface area contributed by atoms with E-state index in [0.717, 1.165) is 49.8 Å². The van der Waals surface area contributed by atoms with Crippen molar-refractivity contribution in [1.29, 1.82) is 0 Å². The Morgan fingerprint density at radius 1 is 1.00 bits per heavy atom. The molecule has 1 N–H and O–H groups in total. The molecule has 0 heterocycles. The van der Waals surface area contributed by atoms with Gasteiger partial charge in [0.2, 0.25) is 0 Å². The first kappa shape index (κ1) is 17.8. The Hall–Kier alpha value is -2.62. The van der Waals surface area contributed by atoms with E-state index < -0.39 is 12.2 Å². The molecule has 2 aromatic rings. The minimum atomic E-state index is -0.766. The molecule has 4 rings (SSSR count). The average molecular weight is 363 g/mol. The van der Waals surface area contributed by atoms with Gasteiger partial charge < -0.3 is 4.74 Å². The third-order valence-electron chi connectivity index (χ3n) is 5.67. The first-order chi connectivity index (χ1) is 13.1. The summed E-state index contributed by atoms with van der Waals surface area (Å²) in [5, 5.41) is 3.00. The highest BCUT2D eigenvalue weighted by Crippen LogP contribution is 2.38. The maximum atomic E-state index is 12.6. The predicted octanol–water partition coefficient (Wildman–Crippen LogP) is 4.41. The number of rotatable bonds is 5. The quantitative estimate of drug-likeness (QED) is 0.856. The van der Waals surface area contributed by atoms with Crippen LogP contribution in [0.2, 0.25) is 0 Å². The minimum Gasteiger partial charge on any atom is -0.438 e. The lowest BCUT2D eigenvalue weighted by Gasteiger charge is -2.19. The van der Waals surface area contributed by atoms with Crippen molar-refractivity contribution in [2.45, 2.75) is 58.0 Å². The molecule has 1 unspecified atom stereocenters. The van der Waals surface area contributed by atoms with Gasteiger partial charge in [-0.3, -0.25) is 10.1 Å². The van der Waals surface area contributed by atoms with Gasteiger partial charge in [-0.15, -0.1) is 0 Å². The van der Waals surface area contributed by atoms with Crippen LogP contribution in [-0.2, 0) is 41.6 Å². The van der Waals surface area contributed by atoms with Crippen LogP contribution in [0.25, 0.3) is 0 Å².